The van der Waals surface area contributed by atoms with E-state index in [4.69, 9.17) is 18.9 Å². The van der Waals surface area contributed by atoms with E-state index in [-0.39, 0.29) is 41.3 Å². The van der Waals surface area contributed by atoms with Gasteiger partial charge in [0.15, 0.2) is 0 Å². The predicted molar refractivity (Wildman–Crippen MR) is 124 cm³/mol. The summed E-state index contributed by atoms with van der Waals surface area (Å²) in [6.07, 6.45) is 4.26. The molecule has 0 aromatic heterocycles. The molecule has 2 aliphatic heterocycles. The maximum absolute atomic E-state index is 12.4. The predicted octanol–water partition coefficient (Wildman–Crippen LogP) is 2.73. The maximum Gasteiger partial charge on any atom is 0.407 e. The number of alkyl carbamates (subject to hydrolysis) is 1. The van der Waals surface area contributed by atoms with Gasteiger partial charge in [0, 0.05) is 20.2 Å². The van der Waals surface area contributed by atoms with Gasteiger partial charge in [-0.15, -0.1) is 0 Å². The van der Waals surface area contributed by atoms with Crippen LogP contribution in [-0.4, -0.2) is 72.7 Å². The van der Waals surface area contributed by atoms with Gasteiger partial charge in [-0.05, 0) is 46.5 Å². The molecule has 3 fully saturated rings. The van der Waals surface area contributed by atoms with Crippen LogP contribution < -0.4 is 10.6 Å². The van der Waals surface area contributed by atoms with E-state index in [1.807, 2.05) is 22.6 Å². The van der Waals surface area contributed by atoms with Crippen molar-refractivity contribution in [2.75, 3.05) is 31.2 Å². The highest BCUT2D eigenvalue weighted by Gasteiger charge is 2.72. The molecule has 3 rings (SSSR count). The molecule has 9 heteroatoms. The zero-order chi connectivity index (χ0) is 22.6. The summed E-state index contributed by atoms with van der Waals surface area (Å²) in [5.41, 5.74) is 0.690. The van der Waals surface area contributed by atoms with E-state index in [0.717, 1.165) is 12.8 Å². The van der Waals surface area contributed by atoms with Crippen LogP contribution in [-0.2, 0) is 23.7 Å². The van der Waals surface area contributed by atoms with Crippen LogP contribution in [0.15, 0.2) is 11.6 Å². The fourth-order valence-corrected chi connectivity index (χ4v) is 5.07. The molecule has 0 radical (unpaired) electrons. The van der Waals surface area contributed by atoms with Crippen LogP contribution in [0.3, 0.4) is 0 Å². The minimum atomic E-state index is -0.457. The maximum atomic E-state index is 12.4. The third-order valence-electron chi connectivity index (χ3n) is 6.56. The molecular weight excluding hydrogens is 515 g/mol. The lowest BCUT2D eigenvalue weighted by molar-refractivity contribution is -0.118. The Bertz CT molecular complexity index is 693. The number of epoxide rings is 2. The third-order valence-corrected chi connectivity index (χ3v) is 7.25. The first-order valence-electron chi connectivity index (χ1n) is 11.0. The van der Waals surface area contributed by atoms with Crippen molar-refractivity contribution >= 4 is 34.6 Å². The van der Waals surface area contributed by atoms with Gasteiger partial charge in [-0.1, -0.05) is 34.2 Å². The molecule has 2 amide bonds. The molecule has 8 nitrogen and oxygen atoms in total. The van der Waals surface area contributed by atoms with E-state index in [0.29, 0.717) is 37.0 Å². The Morgan fingerprint density at radius 2 is 1.97 bits per heavy atom. The summed E-state index contributed by atoms with van der Waals surface area (Å²) in [7, 11) is 1.67. The quantitative estimate of drug-likeness (QED) is 0.143. The van der Waals surface area contributed by atoms with Crippen molar-refractivity contribution < 1.29 is 28.5 Å². The SMILES string of the molecule is COC1C(OC(=O)NCCCNC(=O)CI)CC[C@]2(CO2)C1C1(C)O[C@@H]1CC=C(C)C. The van der Waals surface area contributed by atoms with Crippen molar-refractivity contribution in [2.24, 2.45) is 5.92 Å². The summed E-state index contributed by atoms with van der Waals surface area (Å²) in [5.74, 6) is 0.00451. The molecule has 2 N–H and O–H groups in total. The fraction of sp³-hybridized carbons (Fsp3) is 0.818. The molecule has 31 heavy (non-hydrogen) atoms. The summed E-state index contributed by atoms with van der Waals surface area (Å²) in [6, 6.07) is 0. The minimum Gasteiger partial charge on any atom is -0.443 e. The molecule has 0 aromatic rings. The Hall–Kier alpha value is -0.910. The molecular formula is C22H35IN2O6. The first kappa shape index (κ1) is 24.7. The van der Waals surface area contributed by atoms with Crippen molar-refractivity contribution in [2.45, 2.75) is 76.0 Å². The molecule has 1 spiro atoms. The van der Waals surface area contributed by atoms with Gasteiger partial charge in [0.05, 0.1) is 23.1 Å². The van der Waals surface area contributed by atoms with E-state index in [2.05, 4.69) is 37.5 Å². The Kier molecular flexibility index (Phi) is 8.26. The van der Waals surface area contributed by atoms with Crippen molar-refractivity contribution in [1.82, 2.24) is 10.6 Å². The second-order valence-electron chi connectivity index (χ2n) is 9.09. The van der Waals surface area contributed by atoms with Crippen molar-refractivity contribution in [1.29, 1.82) is 0 Å². The smallest absolute Gasteiger partial charge is 0.407 e. The molecule has 2 saturated heterocycles. The monoisotopic (exact) mass is 550 g/mol. The Morgan fingerprint density at radius 3 is 2.58 bits per heavy atom. The average molecular weight is 550 g/mol. The van der Waals surface area contributed by atoms with Gasteiger partial charge >= 0.3 is 6.09 Å². The fourth-order valence-electron chi connectivity index (χ4n) is 4.80. The number of hydrogen-bond acceptors (Lipinski definition) is 6. The summed E-state index contributed by atoms with van der Waals surface area (Å²) in [6.45, 7) is 7.97. The summed E-state index contributed by atoms with van der Waals surface area (Å²) < 4.78 is 24.2. The lowest BCUT2D eigenvalue weighted by Crippen LogP contribution is -2.56. The Morgan fingerprint density at radius 1 is 1.26 bits per heavy atom. The standard InChI is InChI=1S/C22H35IN2O6/c1-14(2)6-7-16-21(3,31-16)19-18(28-4)15(8-9-22(19)13-29-22)30-20(27)25-11-5-10-24-17(26)12-23/h6,15-16,18-19H,5,7-13H2,1-4H3,(H,24,26)(H,25,27)/t15?,16-,18?,19?,21?,22+/m1/s1. The van der Waals surface area contributed by atoms with Crippen LogP contribution in [0.2, 0.25) is 0 Å². The molecule has 1 saturated carbocycles. The minimum absolute atomic E-state index is 0.00531. The van der Waals surface area contributed by atoms with Crippen LogP contribution >= 0.6 is 22.6 Å². The molecule has 2 heterocycles. The van der Waals surface area contributed by atoms with Crippen LogP contribution in [0.4, 0.5) is 4.79 Å². The normalized spacial score (nSPS) is 35.9. The second kappa shape index (κ2) is 10.4. The van der Waals surface area contributed by atoms with E-state index < -0.39 is 6.09 Å². The number of carbonyl (C=O) groups excluding carboxylic acids is 2. The first-order valence-corrected chi connectivity index (χ1v) is 12.5. The largest absolute Gasteiger partial charge is 0.443 e. The molecule has 0 bridgehead atoms. The van der Waals surface area contributed by atoms with Gasteiger partial charge in [0.1, 0.15) is 23.4 Å². The number of hydrogen-bond donors (Lipinski definition) is 2. The van der Waals surface area contributed by atoms with Crippen LogP contribution in [0.25, 0.3) is 0 Å². The van der Waals surface area contributed by atoms with Crippen molar-refractivity contribution in [3.05, 3.63) is 11.6 Å². The highest BCUT2D eigenvalue weighted by atomic mass is 127. The molecule has 176 valence electrons. The van der Waals surface area contributed by atoms with Gasteiger partial charge in [-0.25, -0.2) is 4.79 Å². The molecule has 0 aromatic carbocycles. The van der Waals surface area contributed by atoms with Gasteiger partial charge in [-0.2, -0.15) is 0 Å². The van der Waals surface area contributed by atoms with Gasteiger partial charge < -0.3 is 29.6 Å². The summed E-state index contributed by atoms with van der Waals surface area (Å²) >= 11 is 2.01. The number of carbonyl (C=O) groups is 2. The summed E-state index contributed by atoms with van der Waals surface area (Å²) in [4.78, 5) is 23.6. The van der Waals surface area contributed by atoms with Crippen molar-refractivity contribution in [3.63, 3.8) is 0 Å². The first-order chi connectivity index (χ1) is 14.8. The number of allylic oxidation sites excluding steroid dienone is 1. The number of methoxy groups -OCH3 is 1. The molecule has 6 atom stereocenters. The second-order valence-corrected chi connectivity index (χ2v) is 9.85. The zero-order valence-corrected chi connectivity index (χ0v) is 21.0. The highest BCUT2D eigenvalue weighted by Crippen LogP contribution is 2.59. The number of alkyl halides is 1. The third kappa shape index (κ3) is 5.91. The van der Waals surface area contributed by atoms with Gasteiger partial charge in [0.25, 0.3) is 0 Å². The zero-order valence-electron chi connectivity index (χ0n) is 18.9. The number of rotatable bonds is 10. The van der Waals surface area contributed by atoms with Gasteiger partial charge in [0.2, 0.25) is 5.91 Å². The van der Waals surface area contributed by atoms with Crippen LogP contribution in [0.1, 0.15) is 46.5 Å². The van der Waals surface area contributed by atoms with Crippen LogP contribution in [0, 0.1) is 5.92 Å². The Balaban J connectivity index is 1.54. The van der Waals surface area contributed by atoms with Gasteiger partial charge in [-0.3, -0.25) is 4.79 Å². The number of halogens is 1. The number of amides is 2. The van der Waals surface area contributed by atoms with E-state index in [9.17, 15) is 9.59 Å². The van der Waals surface area contributed by atoms with Crippen LogP contribution in [0.5, 0.6) is 0 Å². The number of ether oxygens (including phenoxy) is 4. The Labute approximate surface area is 198 Å². The van der Waals surface area contributed by atoms with E-state index in [1.54, 1.807) is 7.11 Å². The molecule has 1 aliphatic carbocycles. The molecule has 3 aliphatic rings. The topological polar surface area (TPSA) is 102 Å². The lowest BCUT2D eigenvalue weighted by Gasteiger charge is -2.42. The van der Waals surface area contributed by atoms with E-state index >= 15 is 0 Å². The number of nitrogens with one attached hydrogen (secondary N) is 2. The van der Waals surface area contributed by atoms with Crippen molar-refractivity contribution in [3.8, 4) is 0 Å². The highest BCUT2D eigenvalue weighted by molar-refractivity contribution is 14.1. The lowest BCUT2D eigenvalue weighted by atomic mass is 9.68. The van der Waals surface area contributed by atoms with E-state index in [1.165, 1.54) is 5.57 Å². The molecule has 4 unspecified atom stereocenters. The summed E-state index contributed by atoms with van der Waals surface area (Å²) in [5, 5.41) is 5.55. The average Bonchev–Trinajstić information content (AvgIpc) is 3.64.